The van der Waals surface area contributed by atoms with Crippen LogP contribution in [-0.2, 0) is 0 Å². The van der Waals surface area contributed by atoms with E-state index in [1.807, 2.05) is 17.4 Å². The largest absolute Gasteiger partial charge is 0.309 e. The smallest absolute Gasteiger partial charge is 0.160 e. The molecule has 0 amide bonds. The summed E-state index contributed by atoms with van der Waals surface area (Å²) >= 11 is 1.83. The first-order chi connectivity index (χ1) is 28.3. The molecule has 0 radical (unpaired) electrons. The van der Waals surface area contributed by atoms with Crippen LogP contribution >= 0.6 is 11.3 Å². The zero-order valence-electron chi connectivity index (χ0n) is 30.7. The molecular weight excluding hydrogens is 713 g/mol. The zero-order chi connectivity index (χ0) is 37.5. The maximum absolute atomic E-state index is 5.40. The summed E-state index contributed by atoms with van der Waals surface area (Å²) in [7, 11) is 0. The minimum Gasteiger partial charge on any atom is -0.309 e. The fourth-order valence-corrected chi connectivity index (χ4v) is 9.97. The third kappa shape index (κ3) is 4.99. The minimum absolute atomic E-state index is 0.695. The molecular formula is C52H32N4S. The van der Waals surface area contributed by atoms with Crippen molar-refractivity contribution in [1.82, 2.24) is 19.1 Å². The van der Waals surface area contributed by atoms with Crippen LogP contribution in [-0.4, -0.2) is 19.1 Å². The lowest BCUT2D eigenvalue weighted by Crippen LogP contribution is -2.01. The molecule has 0 saturated carbocycles. The van der Waals surface area contributed by atoms with Crippen molar-refractivity contribution in [2.45, 2.75) is 0 Å². The molecule has 0 aliphatic rings. The number of hydrogen-bond donors (Lipinski definition) is 0. The number of aromatic nitrogens is 4. The highest BCUT2D eigenvalue weighted by Gasteiger charge is 2.20. The fraction of sp³-hybridized carbons (Fsp3) is 0. The summed E-state index contributed by atoms with van der Waals surface area (Å²) in [6, 6.07) is 69.6. The standard InChI is InChI=1S/C52H32N4S/c1-2-15-33(16-3-1)52-53-43(32-44(54-52)41-22-14-28-50-51(41)42-21-8-13-27-49(42)57-50)34-29-35(55-45-23-9-4-17-37(45)38-18-5-10-24-46(38)55)31-36(30-34)56-47-25-11-6-19-39(47)40-20-7-12-26-48(40)56/h1-32H. The topological polar surface area (TPSA) is 35.6 Å². The van der Waals surface area contributed by atoms with Crippen molar-refractivity contribution in [2.75, 3.05) is 0 Å². The SMILES string of the molecule is c1ccc(-c2nc(-c3cc(-n4c5ccccc5c5ccccc54)cc(-n4c5ccccc5c5ccccc54)c3)cc(-c3cccc4sc5ccccc5c34)n2)cc1. The van der Waals surface area contributed by atoms with Crippen molar-refractivity contribution < 1.29 is 0 Å². The summed E-state index contributed by atoms with van der Waals surface area (Å²) in [5.41, 5.74) is 11.6. The van der Waals surface area contributed by atoms with E-state index in [0.29, 0.717) is 5.82 Å². The van der Waals surface area contributed by atoms with Crippen LogP contribution in [0.1, 0.15) is 0 Å². The fourth-order valence-electron chi connectivity index (χ4n) is 8.84. The molecule has 4 nitrogen and oxygen atoms in total. The van der Waals surface area contributed by atoms with E-state index in [9.17, 15) is 0 Å². The van der Waals surface area contributed by atoms with Gasteiger partial charge in [-0.2, -0.15) is 0 Å². The molecule has 5 heteroatoms. The second-order valence-corrected chi connectivity index (χ2v) is 15.7. The Hall–Kier alpha value is -7.34. The van der Waals surface area contributed by atoms with Crippen LogP contribution in [0.25, 0.3) is 109 Å². The van der Waals surface area contributed by atoms with Crippen LogP contribution in [0.4, 0.5) is 0 Å². The Kier molecular flexibility index (Phi) is 7.06. The molecule has 0 aliphatic heterocycles. The van der Waals surface area contributed by atoms with Gasteiger partial charge < -0.3 is 9.13 Å². The first-order valence-corrected chi connectivity index (χ1v) is 20.1. The normalized spacial score (nSPS) is 11.9. The summed E-state index contributed by atoms with van der Waals surface area (Å²) in [4.78, 5) is 10.7. The molecule has 57 heavy (non-hydrogen) atoms. The Bertz CT molecular complexity index is 3300. The molecule has 12 aromatic rings. The number of benzene rings is 8. The molecule has 4 heterocycles. The second kappa shape index (κ2) is 12.6. The van der Waals surface area contributed by atoms with Crippen molar-refractivity contribution in [2.24, 2.45) is 0 Å². The van der Waals surface area contributed by atoms with Gasteiger partial charge in [-0.25, -0.2) is 9.97 Å². The van der Waals surface area contributed by atoms with Gasteiger partial charge in [0.2, 0.25) is 0 Å². The molecule has 0 aliphatic carbocycles. The molecule has 8 aromatic carbocycles. The lowest BCUT2D eigenvalue weighted by Gasteiger charge is -2.16. The first kappa shape index (κ1) is 32.0. The van der Waals surface area contributed by atoms with E-state index in [-0.39, 0.29) is 0 Å². The van der Waals surface area contributed by atoms with Crippen LogP contribution in [0.3, 0.4) is 0 Å². The van der Waals surface area contributed by atoms with Gasteiger partial charge in [0.05, 0.1) is 33.5 Å². The number of thiophene rings is 1. The summed E-state index contributed by atoms with van der Waals surface area (Å²) < 4.78 is 7.33. The van der Waals surface area contributed by atoms with Crippen molar-refractivity contribution >= 4 is 75.1 Å². The molecule has 0 unspecified atom stereocenters. The third-order valence-corrected chi connectivity index (χ3v) is 12.4. The van der Waals surface area contributed by atoms with Crippen molar-refractivity contribution in [3.05, 3.63) is 194 Å². The van der Waals surface area contributed by atoms with Crippen LogP contribution in [0, 0.1) is 0 Å². The number of nitrogens with zero attached hydrogens (tertiary/aromatic N) is 4. The third-order valence-electron chi connectivity index (χ3n) is 11.3. The van der Waals surface area contributed by atoms with Gasteiger partial charge in [0.1, 0.15) is 0 Å². The van der Waals surface area contributed by atoms with E-state index in [0.717, 1.165) is 61.5 Å². The maximum atomic E-state index is 5.40. The van der Waals surface area contributed by atoms with Gasteiger partial charge in [0.25, 0.3) is 0 Å². The molecule has 0 atom stereocenters. The van der Waals surface area contributed by atoms with E-state index >= 15 is 0 Å². The number of para-hydroxylation sites is 4. The van der Waals surface area contributed by atoms with Gasteiger partial charge in [0.15, 0.2) is 5.82 Å². The summed E-state index contributed by atoms with van der Waals surface area (Å²) in [5.74, 6) is 0.695. The Morgan fingerprint density at radius 1 is 0.351 bits per heavy atom. The average molecular weight is 745 g/mol. The van der Waals surface area contributed by atoms with E-state index in [2.05, 4.69) is 197 Å². The van der Waals surface area contributed by atoms with Gasteiger partial charge in [-0.15, -0.1) is 11.3 Å². The summed E-state index contributed by atoms with van der Waals surface area (Å²) in [5, 5.41) is 7.38. The zero-order valence-corrected chi connectivity index (χ0v) is 31.5. The molecule has 266 valence electrons. The predicted octanol–water partition coefficient (Wildman–Crippen LogP) is 14.0. The maximum Gasteiger partial charge on any atom is 0.160 e. The van der Waals surface area contributed by atoms with Crippen LogP contribution in [0.5, 0.6) is 0 Å². The Balaban J connectivity index is 1.19. The molecule has 0 saturated heterocycles. The molecule has 12 rings (SSSR count). The Morgan fingerprint density at radius 2 is 0.825 bits per heavy atom. The Labute approximate surface area is 332 Å². The van der Waals surface area contributed by atoms with Gasteiger partial charge in [0, 0.05) is 69.8 Å². The predicted molar refractivity (Wildman–Crippen MR) is 240 cm³/mol. The van der Waals surface area contributed by atoms with Gasteiger partial charge >= 0.3 is 0 Å². The molecule has 0 fully saturated rings. The molecule has 0 spiro atoms. The molecule has 0 bridgehead atoms. The lowest BCUT2D eigenvalue weighted by atomic mass is 10.0. The van der Waals surface area contributed by atoms with Crippen molar-refractivity contribution in [3.63, 3.8) is 0 Å². The van der Waals surface area contributed by atoms with Crippen LogP contribution < -0.4 is 0 Å². The number of fused-ring (bicyclic) bond motifs is 9. The van der Waals surface area contributed by atoms with Crippen LogP contribution in [0.2, 0.25) is 0 Å². The minimum atomic E-state index is 0.695. The number of rotatable bonds is 5. The Morgan fingerprint density at radius 3 is 1.40 bits per heavy atom. The summed E-state index contributed by atoms with van der Waals surface area (Å²) in [6.45, 7) is 0. The number of hydrogen-bond acceptors (Lipinski definition) is 3. The van der Waals surface area contributed by atoms with E-state index in [1.165, 1.54) is 41.7 Å². The molecule has 4 aromatic heterocycles. The van der Waals surface area contributed by atoms with E-state index in [1.54, 1.807) is 0 Å². The van der Waals surface area contributed by atoms with Crippen molar-refractivity contribution in [3.8, 4) is 45.3 Å². The van der Waals surface area contributed by atoms with Gasteiger partial charge in [-0.05, 0) is 60.7 Å². The molecule has 0 N–H and O–H groups in total. The monoisotopic (exact) mass is 744 g/mol. The van der Waals surface area contributed by atoms with Gasteiger partial charge in [-0.3, -0.25) is 0 Å². The summed E-state index contributed by atoms with van der Waals surface area (Å²) in [6.07, 6.45) is 0. The van der Waals surface area contributed by atoms with Gasteiger partial charge in [-0.1, -0.05) is 133 Å². The highest BCUT2D eigenvalue weighted by Crippen LogP contribution is 2.42. The average Bonchev–Trinajstić information content (AvgIpc) is 3.94. The van der Waals surface area contributed by atoms with E-state index < -0.39 is 0 Å². The lowest BCUT2D eigenvalue weighted by molar-refractivity contribution is 1.13. The highest BCUT2D eigenvalue weighted by atomic mass is 32.1. The quantitative estimate of drug-likeness (QED) is 0.176. The second-order valence-electron chi connectivity index (χ2n) is 14.6. The first-order valence-electron chi connectivity index (χ1n) is 19.2. The van der Waals surface area contributed by atoms with Crippen molar-refractivity contribution in [1.29, 1.82) is 0 Å². The van der Waals surface area contributed by atoms with Crippen LogP contribution in [0.15, 0.2) is 194 Å². The highest BCUT2D eigenvalue weighted by molar-refractivity contribution is 7.25. The van der Waals surface area contributed by atoms with E-state index in [4.69, 9.17) is 9.97 Å².